The van der Waals surface area contributed by atoms with Crippen molar-refractivity contribution in [2.24, 2.45) is 5.41 Å². The Labute approximate surface area is 110 Å². The highest BCUT2D eigenvalue weighted by Gasteiger charge is 2.36. The van der Waals surface area contributed by atoms with E-state index in [9.17, 15) is 9.59 Å². The molecule has 0 radical (unpaired) electrons. The average molecular weight is 258 g/mol. The number of fused-ring (bicyclic) bond motifs is 1. The number of hydrogen-bond acceptors (Lipinski definition) is 3. The highest BCUT2D eigenvalue weighted by molar-refractivity contribution is 6.10. The van der Waals surface area contributed by atoms with E-state index in [1.54, 1.807) is 24.4 Å². The second-order valence-electron chi connectivity index (χ2n) is 4.76. The monoisotopic (exact) mass is 258 g/mol. The number of para-hydroxylation sites is 1. The summed E-state index contributed by atoms with van der Waals surface area (Å²) in [5.74, 6) is -1.74. The van der Waals surface area contributed by atoms with Gasteiger partial charge in [-0.05, 0) is 26.0 Å². The summed E-state index contributed by atoms with van der Waals surface area (Å²) < 4.78 is 0. The molecule has 5 heteroatoms. The predicted molar refractivity (Wildman–Crippen MR) is 71.8 cm³/mol. The van der Waals surface area contributed by atoms with Crippen molar-refractivity contribution in [3.8, 4) is 0 Å². The maximum absolute atomic E-state index is 12.0. The van der Waals surface area contributed by atoms with E-state index in [1.165, 1.54) is 13.8 Å². The summed E-state index contributed by atoms with van der Waals surface area (Å²) in [4.78, 5) is 27.2. The Morgan fingerprint density at radius 1 is 1.21 bits per heavy atom. The van der Waals surface area contributed by atoms with E-state index in [0.29, 0.717) is 11.2 Å². The molecular formula is C14H14N2O3. The van der Waals surface area contributed by atoms with Crippen LogP contribution in [0.5, 0.6) is 0 Å². The predicted octanol–water partition coefficient (Wildman–Crippen LogP) is 2.28. The molecular weight excluding hydrogens is 244 g/mol. The lowest BCUT2D eigenvalue weighted by molar-refractivity contribution is -0.151. The SMILES string of the molecule is CC(C)(C(=O)O)C(=O)Nc1cccc2cccnc12. The average Bonchev–Trinajstić information content (AvgIpc) is 2.39. The number of aromatic nitrogens is 1. The van der Waals surface area contributed by atoms with E-state index in [1.807, 2.05) is 12.1 Å². The number of carbonyl (C=O) groups excluding carboxylic acids is 1. The zero-order valence-corrected chi connectivity index (χ0v) is 10.7. The number of carboxylic acids is 1. The van der Waals surface area contributed by atoms with Crippen LogP contribution in [0.15, 0.2) is 36.5 Å². The maximum atomic E-state index is 12.0. The first-order valence-corrected chi connectivity index (χ1v) is 5.81. The van der Waals surface area contributed by atoms with Gasteiger partial charge in [0, 0.05) is 11.6 Å². The second-order valence-corrected chi connectivity index (χ2v) is 4.76. The van der Waals surface area contributed by atoms with E-state index in [0.717, 1.165) is 5.39 Å². The highest BCUT2D eigenvalue weighted by Crippen LogP contribution is 2.24. The van der Waals surface area contributed by atoms with E-state index < -0.39 is 17.3 Å². The van der Waals surface area contributed by atoms with E-state index in [4.69, 9.17) is 5.11 Å². The summed E-state index contributed by atoms with van der Waals surface area (Å²) in [5.41, 5.74) is -0.339. The molecule has 0 aliphatic rings. The summed E-state index contributed by atoms with van der Waals surface area (Å²) in [6.45, 7) is 2.73. The van der Waals surface area contributed by atoms with Crippen LogP contribution in [0, 0.1) is 5.41 Å². The van der Waals surface area contributed by atoms with Crippen molar-refractivity contribution in [1.82, 2.24) is 4.98 Å². The Bertz CT molecular complexity index is 645. The van der Waals surface area contributed by atoms with Crippen LogP contribution < -0.4 is 5.32 Å². The Hall–Kier alpha value is -2.43. The van der Waals surface area contributed by atoms with Crippen molar-refractivity contribution in [2.45, 2.75) is 13.8 Å². The van der Waals surface area contributed by atoms with Crippen LogP contribution >= 0.6 is 0 Å². The van der Waals surface area contributed by atoms with Crippen LogP contribution in [0.1, 0.15) is 13.8 Å². The molecule has 0 spiro atoms. The van der Waals surface area contributed by atoms with Gasteiger partial charge in [0.2, 0.25) is 5.91 Å². The zero-order valence-electron chi connectivity index (χ0n) is 10.7. The third-order valence-corrected chi connectivity index (χ3v) is 2.98. The van der Waals surface area contributed by atoms with Crippen molar-refractivity contribution in [2.75, 3.05) is 5.32 Å². The number of carboxylic acid groups (broad SMARTS) is 1. The topological polar surface area (TPSA) is 79.3 Å². The summed E-state index contributed by atoms with van der Waals surface area (Å²) in [6.07, 6.45) is 1.63. The molecule has 1 heterocycles. The van der Waals surface area contributed by atoms with Gasteiger partial charge in [0.25, 0.3) is 0 Å². The smallest absolute Gasteiger partial charge is 0.318 e. The third-order valence-electron chi connectivity index (χ3n) is 2.98. The van der Waals surface area contributed by atoms with Crippen LogP contribution in [-0.4, -0.2) is 22.0 Å². The van der Waals surface area contributed by atoms with Gasteiger partial charge in [-0.15, -0.1) is 0 Å². The molecule has 0 bridgehead atoms. The van der Waals surface area contributed by atoms with Gasteiger partial charge in [-0.25, -0.2) is 0 Å². The van der Waals surface area contributed by atoms with E-state index >= 15 is 0 Å². The lowest BCUT2D eigenvalue weighted by Gasteiger charge is -2.18. The van der Waals surface area contributed by atoms with Gasteiger partial charge in [-0.2, -0.15) is 0 Å². The van der Waals surface area contributed by atoms with Crippen LogP contribution in [-0.2, 0) is 9.59 Å². The number of rotatable bonds is 3. The largest absolute Gasteiger partial charge is 0.480 e. The zero-order chi connectivity index (χ0) is 14.0. The molecule has 0 saturated carbocycles. The van der Waals surface area contributed by atoms with Gasteiger partial charge < -0.3 is 10.4 Å². The molecule has 1 amide bonds. The number of anilines is 1. The minimum Gasteiger partial charge on any atom is -0.480 e. The van der Waals surface area contributed by atoms with Crippen LogP contribution in [0.3, 0.4) is 0 Å². The number of amides is 1. The molecule has 0 saturated heterocycles. The van der Waals surface area contributed by atoms with Crippen molar-refractivity contribution in [1.29, 1.82) is 0 Å². The Kier molecular flexibility index (Phi) is 3.21. The molecule has 1 aromatic carbocycles. The summed E-state index contributed by atoms with van der Waals surface area (Å²) in [5, 5.41) is 12.5. The molecule has 0 aliphatic heterocycles. The van der Waals surface area contributed by atoms with Crippen molar-refractivity contribution in [3.05, 3.63) is 36.5 Å². The highest BCUT2D eigenvalue weighted by atomic mass is 16.4. The molecule has 1 aromatic heterocycles. The summed E-state index contributed by atoms with van der Waals surface area (Å²) in [6, 6.07) is 9.04. The third kappa shape index (κ3) is 2.40. The molecule has 0 atom stereocenters. The fourth-order valence-corrected chi connectivity index (χ4v) is 1.58. The van der Waals surface area contributed by atoms with Gasteiger partial charge in [-0.1, -0.05) is 18.2 Å². The number of aliphatic carboxylic acids is 1. The molecule has 5 nitrogen and oxygen atoms in total. The summed E-state index contributed by atoms with van der Waals surface area (Å²) >= 11 is 0. The van der Waals surface area contributed by atoms with Gasteiger partial charge in [0.05, 0.1) is 11.2 Å². The van der Waals surface area contributed by atoms with Gasteiger partial charge in [0.15, 0.2) is 0 Å². The number of benzene rings is 1. The number of pyridine rings is 1. The number of carbonyl (C=O) groups is 2. The molecule has 0 aliphatic carbocycles. The van der Waals surface area contributed by atoms with Gasteiger partial charge >= 0.3 is 5.97 Å². The molecule has 2 rings (SSSR count). The fourth-order valence-electron chi connectivity index (χ4n) is 1.58. The normalized spacial score (nSPS) is 11.3. The molecule has 2 N–H and O–H groups in total. The molecule has 0 unspecified atom stereocenters. The maximum Gasteiger partial charge on any atom is 0.318 e. The number of nitrogens with one attached hydrogen (secondary N) is 1. The van der Waals surface area contributed by atoms with E-state index in [-0.39, 0.29) is 0 Å². The minimum absolute atomic E-state index is 0.512. The van der Waals surface area contributed by atoms with Crippen molar-refractivity contribution in [3.63, 3.8) is 0 Å². The molecule has 19 heavy (non-hydrogen) atoms. The van der Waals surface area contributed by atoms with Crippen LogP contribution in [0.25, 0.3) is 10.9 Å². The Balaban J connectivity index is 2.37. The van der Waals surface area contributed by atoms with Crippen LogP contribution in [0.4, 0.5) is 5.69 Å². The number of hydrogen-bond donors (Lipinski definition) is 2. The lowest BCUT2D eigenvalue weighted by atomic mass is 9.92. The quantitative estimate of drug-likeness (QED) is 0.828. The molecule has 0 fully saturated rings. The Morgan fingerprint density at radius 2 is 1.89 bits per heavy atom. The summed E-state index contributed by atoms with van der Waals surface area (Å²) in [7, 11) is 0. The minimum atomic E-state index is -1.49. The second kappa shape index (κ2) is 4.68. The number of nitrogens with zero attached hydrogens (tertiary/aromatic N) is 1. The first-order valence-electron chi connectivity index (χ1n) is 5.81. The Morgan fingerprint density at radius 3 is 2.58 bits per heavy atom. The standard InChI is InChI=1S/C14H14N2O3/c1-14(2,13(18)19)12(17)16-10-7-3-5-9-6-4-8-15-11(9)10/h3-8H,1-2H3,(H,16,17)(H,18,19). The first-order chi connectivity index (χ1) is 8.93. The van der Waals surface area contributed by atoms with E-state index in [2.05, 4.69) is 10.3 Å². The molecule has 98 valence electrons. The van der Waals surface area contributed by atoms with Crippen LogP contribution in [0.2, 0.25) is 0 Å². The fraction of sp³-hybridized carbons (Fsp3) is 0.214. The van der Waals surface area contributed by atoms with Gasteiger partial charge in [0.1, 0.15) is 5.41 Å². The van der Waals surface area contributed by atoms with Crippen molar-refractivity contribution < 1.29 is 14.7 Å². The van der Waals surface area contributed by atoms with Crippen molar-refractivity contribution >= 4 is 28.5 Å². The van der Waals surface area contributed by atoms with Gasteiger partial charge in [-0.3, -0.25) is 14.6 Å². The molecule has 2 aromatic rings. The lowest BCUT2D eigenvalue weighted by Crippen LogP contribution is -2.37. The first kappa shape index (κ1) is 13.0.